The molecule has 2 aliphatic rings. The highest BCUT2D eigenvalue weighted by Gasteiger charge is 2.44. The predicted octanol–water partition coefficient (Wildman–Crippen LogP) is 2.38. The van der Waals surface area contributed by atoms with E-state index in [1.807, 2.05) is 6.92 Å². The fourth-order valence-corrected chi connectivity index (χ4v) is 4.95. The average molecular weight is 245 g/mol. The van der Waals surface area contributed by atoms with E-state index in [1.165, 1.54) is 25.7 Å². The molecule has 0 spiro atoms. The first kappa shape index (κ1) is 12.4. The molecule has 1 saturated carbocycles. The molecule has 3 nitrogen and oxygen atoms in total. The first-order valence-corrected chi connectivity index (χ1v) is 8.25. The van der Waals surface area contributed by atoms with Crippen LogP contribution in [0.15, 0.2) is 0 Å². The molecule has 4 heteroatoms. The van der Waals surface area contributed by atoms with Gasteiger partial charge in [0, 0.05) is 12.6 Å². The lowest BCUT2D eigenvalue weighted by atomic mass is 9.87. The molecule has 0 amide bonds. The lowest BCUT2D eigenvalue weighted by Gasteiger charge is -2.46. The SMILES string of the molecule is CCCCS(=O)(=O)N1CC2CCCCCC21. The van der Waals surface area contributed by atoms with Gasteiger partial charge in [-0.3, -0.25) is 0 Å². The van der Waals surface area contributed by atoms with Crippen LogP contribution in [-0.4, -0.2) is 31.1 Å². The summed E-state index contributed by atoms with van der Waals surface area (Å²) < 4.78 is 25.9. The smallest absolute Gasteiger partial charge is 0.212 e. The van der Waals surface area contributed by atoms with Crippen LogP contribution < -0.4 is 0 Å². The number of rotatable bonds is 4. The van der Waals surface area contributed by atoms with E-state index in [2.05, 4.69) is 0 Å². The van der Waals surface area contributed by atoms with Crippen LogP contribution in [0, 0.1) is 5.92 Å². The molecular weight excluding hydrogens is 222 g/mol. The molecule has 2 atom stereocenters. The molecular formula is C12H23NO2S. The van der Waals surface area contributed by atoms with E-state index in [0.717, 1.165) is 25.8 Å². The fraction of sp³-hybridized carbons (Fsp3) is 1.00. The van der Waals surface area contributed by atoms with Gasteiger partial charge in [0.15, 0.2) is 0 Å². The first-order chi connectivity index (χ1) is 7.65. The molecule has 2 unspecified atom stereocenters. The van der Waals surface area contributed by atoms with E-state index in [4.69, 9.17) is 0 Å². The topological polar surface area (TPSA) is 37.4 Å². The Bertz CT molecular complexity index is 326. The second-order valence-electron chi connectivity index (χ2n) is 5.20. The molecule has 0 aromatic carbocycles. The number of fused-ring (bicyclic) bond motifs is 1. The van der Waals surface area contributed by atoms with Crippen LogP contribution in [0.3, 0.4) is 0 Å². The third-order valence-electron chi connectivity index (χ3n) is 4.02. The van der Waals surface area contributed by atoms with Crippen molar-refractivity contribution in [1.82, 2.24) is 4.31 Å². The van der Waals surface area contributed by atoms with Gasteiger partial charge in [-0.25, -0.2) is 8.42 Å². The highest BCUT2D eigenvalue weighted by atomic mass is 32.2. The van der Waals surface area contributed by atoms with Crippen molar-refractivity contribution in [2.45, 2.75) is 57.9 Å². The minimum atomic E-state index is -2.94. The molecule has 94 valence electrons. The van der Waals surface area contributed by atoms with E-state index < -0.39 is 10.0 Å². The van der Waals surface area contributed by atoms with E-state index in [0.29, 0.717) is 17.7 Å². The quantitative estimate of drug-likeness (QED) is 0.762. The van der Waals surface area contributed by atoms with E-state index in [1.54, 1.807) is 4.31 Å². The molecule has 2 fully saturated rings. The van der Waals surface area contributed by atoms with Crippen LogP contribution >= 0.6 is 0 Å². The zero-order chi connectivity index (χ0) is 11.6. The van der Waals surface area contributed by atoms with Crippen LogP contribution in [0.4, 0.5) is 0 Å². The number of hydrogen-bond donors (Lipinski definition) is 0. The van der Waals surface area contributed by atoms with Gasteiger partial charge in [0.2, 0.25) is 10.0 Å². The normalized spacial score (nSPS) is 31.6. The Morgan fingerprint density at radius 3 is 2.69 bits per heavy atom. The summed E-state index contributed by atoms with van der Waals surface area (Å²) in [6, 6.07) is 0.351. The summed E-state index contributed by atoms with van der Waals surface area (Å²) in [6.45, 7) is 2.84. The number of hydrogen-bond acceptors (Lipinski definition) is 2. The van der Waals surface area contributed by atoms with Crippen LogP contribution in [0.2, 0.25) is 0 Å². The van der Waals surface area contributed by atoms with Gasteiger partial charge < -0.3 is 0 Å². The minimum absolute atomic E-state index is 0.351. The third-order valence-corrected chi connectivity index (χ3v) is 5.96. The van der Waals surface area contributed by atoms with Crippen molar-refractivity contribution in [3.63, 3.8) is 0 Å². The van der Waals surface area contributed by atoms with Crippen molar-refractivity contribution >= 4 is 10.0 Å². The van der Waals surface area contributed by atoms with Gasteiger partial charge in [-0.15, -0.1) is 0 Å². The van der Waals surface area contributed by atoms with Crippen LogP contribution in [-0.2, 0) is 10.0 Å². The second-order valence-corrected chi connectivity index (χ2v) is 7.25. The van der Waals surface area contributed by atoms with Gasteiger partial charge in [-0.2, -0.15) is 4.31 Å². The summed E-state index contributed by atoms with van der Waals surface area (Å²) in [5.74, 6) is 1.02. The maximum atomic E-state index is 12.1. The predicted molar refractivity (Wildman–Crippen MR) is 65.8 cm³/mol. The van der Waals surface area contributed by atoms with Crippen LogP contribution in [0.5, 0.6) is 0 Å². The molecule has 1 saturated heterocycles. The Labute approximate surface area is 99.3 Å². The summed E-state index contributed by atoms with van der Waals surface area (Å²) in [6.07, 6.45) is 7.89. The second kappa shape index (κ2) is 5.05. The van der Waals surface area contributed by atoms with Gasteiger partial charge in [0.25, 0.3) is 0 Å². The molecule has 16 heavy (non-hydrogen) atoms. The molecule has 0 aromatic rings. The van der Waals surface area contributed by atoms with E-state index in [9.17, 15) is 8.42 Å². The average Bonchev–Trinajstić information content (AvgIpc) is 2.38. The van der Waals surface area contributed by atoms with Crippen molar-refractivity contribution in [2.75, 3.05) is 12.3 Å². The molecule has 0 bridgehead atoms. The van der Waals surface area contributed by atoms with Crippen molar-refractivity contribution in [3.8, 4) is 0 Å². The summed E-state index contributed by atoms with van der Waals surface area (Å²) in [5, 5.41) is 0. The Kier molecular flexibility index (Phi) is 3.90. The molecule has 0 aromatic heterocycles. The summed E-state index contributed by atoms with van der Waals surface area (Å²) in [5.41, 5.74) is 0. The highest BCUT2D eigenvalue weighted by Crippen LogP contribution is 2.38. The van der Waals surface area contributed by atoms with Crippen molar-refractivity contribution in [3.05, 3.63) is 0 Å². The minimum Gasteiger partial charge on any atom is -0.212 e. The van der Waals surface area contributed by atoms with Crippen LogP contribution in [0.25, 0.3) is 0 Å². The van der Waals surface area contributed by atoms with Gasteiger partial charge in [-0.1, -0.05) is 32.6 Å². The zero-order valence-electron chi connectivity index (χ0n) is 10.2. The number of unbranched alkanes of at least 4 members (excludes halogenated alkanes) is 1. The largest absolute Gasteiger partial charge is 0.214 e. The Balaban J connectivity index is 1.96. The lowest BCUT2D eigenvalue weighted by molar-refractivity contribution is 0.0941. The molecule has 0 radical (unpaired) electrons. The first-order valence-electron chi connectivity index (χ1n) is 6.64. The summed E-state index contributed by atoms with van der Waals surface area (Å²) in [7, 11) is -2.94. The zero-order valence-corrected chi connectivity index (χ0v) is 11.0. The molecule has 1 heterocycles. The van der Waals surface area contributed by atoms with Crippen molar-refractivity contribution in [2.24, 2.45) is 5.92 Å². The number of nitrogens with zero attached hydrogens (tertiary/aromatic N) is 1. The van der Waals surface area contributed by atoms with Gasteiger partial charge in [-0.05, 0) is 25.2 Å². The summed E-state index contributed by atoms with van der Waals surface area (Å²) in [4.78, 5) is 0. The molecule has 0 N–H and O–H groups in total. The standard InChI is InChI=1S/C12H23NO2S/c1-2-3-9-16(14,15)13-10-11-7-5-4-6-8-12(11)13/h11-12H,2-10H2,1H3. The van der Waals surface area contributed by atoms with E-state index >= 15 is 0 Å². The lowest BCUT2D eigenvalue weighted by Crippen LogP contribution is -2.58. The fourth-order valence-electron chi connectivity index (χ4n) is 2.95. The highest BCUT2D eigenvalue weighted by molar-refractivity contribution is 7.89. The van der Waals surface area contributed by atoms with Gasteiger partial charge >= 0.3 is 0 Å². The van der Waals surface area contributed by atoms with Crippen LogP contribution in [0.1, 0.15) is 51.9 Å². The molecule has 2 rings (SSSR count). The third kappa shape index (κ3) is 2.43. The Hall–Kier alpha value is -0.0900. The maximum absolute atomic E-state index is 12.1. The monoisotopic (exact) mass is 245 g/mol. The van der Waals surface area contributed by atoms with Crippen molar-refractivity contribution < 1.29 is 8.42 Å². The summed E-state index contributed by atoms with van der Waals surface area (Å²) >= 11 is 0. The molecule has 1 aliphatic heterocycles. The Morgan fingerprint density at radius 2 is 1.94 bits per heavy atom. The maximum Gasteiger partial charge on any atom is 0.214 e. The number of sulfonamides is 1. The van der Waals surface area contributed by atoms with E-state index in [-0.39, 0.29) is 0 Å². The van der Waals surface area contributed by atoms with Gasteiger partial charge in [0.05, 0.1) is 5.75 Å². The molecule has 1 aliphatic carbocycles. The van der Waals surface area contributed by atoms with Crippen molar-refractivity contribution in [1.29, 1.82) is 0 Å². The Morgan fingerprint density at radius 1 is 1.19 bits per heavy atom. The van der Waals surface area contributed by atoms with Gasteiger partial charge in [0.1, 0.15) is 0 Å².